The van der Waals surface area contributed by atoms with E-state index in [2.05, 4.69) is 5.32 Å². The molecule has 0 aliphatic carbocycles. The number of hydrogen-bond donors (Lipinski definition) is 2. The van der Waals surface area contributed by atoms with Crippen molar-refractivity contribution < 1.29 is 23.1 Å². The number of carbonyl (C=O) groups is 2. The van der Waals surface area contributed by atoms with Crippen molar-refractivity contribution in [1.82, 2.24) is 5.32 Å². The molecule has 1 atom stereocenters. The van der Waals surface area contributed by atoms with Crippen LogP contribution in [0.25, 0.3) is 0 Å². The molecular formula is C15H21NO5S. The van der Waals surface area contributed by atoms with Gasteiger partial charge in [0.1, 0.15) is 5.75 Å². The van der Waals surface area contributed by atoms with Crippen LogP contribution in [0, 0.1) is 0 Å². The second-order valence-electron chi connectivity index (χ2n) is 5.06. The van der Waals surface area contributed by atoms with Gasteiger partial charge in [0.25, 0.3) is 0 Å². The van der Waals surface area contributed by atoms with Gasteiger partial charge in [-0.2, -0.15) is 0 Å². The molecule has 0 aromatic heterocycles. The first-order chi connectivity index (χ1) is 10.3. The Kier molecular flexibility index (Phi) is 7.04. The molecular weight excluding hydrogens is 306 g/mol. The van der Waals surface area contributed by atoms with Crippen LogP contribution >= 0.6 is 0 Å². The monoisotopic (exact) mass is 327 g/mol. The van der Waals surface area contributed by atoms with Crippen LogP contribution in [-0.4, -0.2) is 36.9 Å². The van der Waals surface area contributed by atoms with Gasteiger partial charge in [0, 0.05) is 6.42 Å². The Morgan fingerprint density at radius 3 is 2.41 bits per heavy atom. The lowest BCUT2D eigenvalue weighted by atomic mass is 10.0. The molecule has 0 saturated carbocycles. The van der Waals surface area contributed by atoms with E-state index < -0.39 is 33.5 Å². The predicted molar refractivity (Wildman–Crippen MR) is 83.1 cm³/mol. The largest absolute Gasteiger partial charge is 0.481 e. The number of nitrogens with one attached hydrogen (secondary N) is 1. The third kappa shape index (κ3) is 6.71. The van der Waals surface area contributed by atoms with E-state index in [9.17, 15) is 18.0 Å². The van der Waals surface area contributed by atoms with Crippen molar-refractivity contribution in [2.45, 2.75) is 32.2 Å². The van der Waals surface area contributed by atoms with Crippen LogP contribution in [0.4, 0.5) is 0 Å². The van der Waals surface area contributed by atoms with E-state index >= 15 is 0 Å². The molecule has 0 radical (unpaired) electrons. The topological polar surface area (TPSA) is 101 Å². The Bertz CT molecular complexity index is 598. The van der Waals surface area contributed by atoms with Gasteiger partial charge in [-0.3, -0.25) is 9.59 Å². The molecule has 1 aromatic rings. The van der Waals surface area contributed by atoms with Crippen molar-refractivity contribution in [3.05, 3.63) is 35.9 Å². The van der Waals surface area contributed by atoms with Gasteiger partial charge in [-0.05, 0) is 18.4 Å². The van der Waals surface area contributed by atoms with Gasteiger partial charge < -0.3 is 10.4 Å². The molecule has 122 valence electrons. The minimum absolute atomic E-state index is 0.0362. The number of sulfone groups is 1. The highest BCUT2D eigenvalue weighted by Crippen LogP contribution is 2.18. The number of rotatable bonds is 9. The van der Waals surface area contributed by atoms with Crippen LogP contribution in [0.15, 0.2) is 30.3 Å². The minimum Gasteiger partial charge on any atom is -0.481 e. The summed E-state index contributed by atoms with van der Waals surface area (Å²) >= 11 is 0. The highest BCUT2D eigenvalue weighted by atomic mass is 32.2. The van der Waals surface area contributed by atoms with Crippen molar-refractivity contribution in [3.8, 4) is 0 Å². The first kappa shape index (κ1) is 18.2. The molecule has 7 heteroatoms. The number of carbonyl (C=O) groups excluding carboxylic acids is 1. The average molecular weight is 327 g/mol. The predicted octanol–water partition coefficient (Wildman–Crippen LogP) is 1.53. The van der Waals surface area contributed by atoms with Gasteiger partial charge in [0.2, 0.25) is 5.91 Å². The van der Waals surface area contributed by atoms with Crippen LogP contribution in [0.5, 0.6) is 0 Å². The number of carboxylic acids is 1. The van der Waals surface area contributed by atoms with Crippen LogP contribution < -0.4 is 5.32 Å². The molecule has 2 N–H and O–H groups in total. The van der Waals surface area contributed by atoms with Crippen LogP contribution in [0.3, 0.4) is 0 Å². The zero-order chi connectivity index (χ0) is 16.6. The Morgan fingerprint density at radius 1 is 1.23 bits per heavy atom. The smallest absolute Gasteiger partial charge is 0.303 e. The first-order valence-corrected chi connectivity index (χ1v) is 8.92. The molecule has 0 aliphatic rings. The third-order valence-corrected chi connectivity index (χ3v) is 4.78. The van der Waals surface area contributed by atoms with Crippen LogP contribution in [0.2, 0.25) is 0 Å². The van der Waals surface area contributed by atoms with Crippen LogP contribution in [0.1, 0.15) is 37.8 Å². The Hall–Kier alpha value is -1.89. The fourth-order valence-corrected chi connectivity index (χ4v) is 3.34. The van der Waals surface area contributed by atoms with Gasteiger partial charge in [-0.25, -0.2) is 8.42 Å². The van der Waals surface area contributed by atoms with Crippen molar-refractivity contribution >= 4 is 21.7 Å². The van der Waals surface area contributed by atoms with Gasteiger partial charge in [0.15, 0.2) is 9.84 Å². The molecule has 0 aliphatic heterocycles. The fourth-order valence-electron chi connectivity index (χ4n) is 2.09. The Morgan fingerprint density at radius 2 is 1.86 bits per heavy atom. The molecule has 0 saturated heterocycles. The molecule has 0 bridgehead atoms. The van der Waals surface area contributed by atoms with E-state index in [0.717, 1.165) is 5.56 Å². The average Bonchev–Trinajstić information content (AvgIpc) is 2.43. The molecule has 0 spiro atoms. The molecule has 22 heavy (non-hydrogen) atoms. The molecule has 1 amide bonds. The standard InChI is InChI=1S/C15H21NO5S/c1-2-10-22(20,21)11-14(17)16-13(8-9-15(18)19)12-6-4-3-5-7-12/h3-7,13H,2,8-11H2,1H3,(H,16,17)(H,18,19). The summed E-state index contributed by atoms with van der Waals surface area (Å²) in [4.78, 5) is 22.7. The van der Waals surface area contributed by atoms with E-state index in [1.54, 1.807) is 31.2 Å². The van der Waals surface area contributed by atoms with E-state index in [1.165, 1.54) is 0 Å². The summed E-state index contributed by atoms with van der Waals surface area (Å²) in [5.41, 5.74) is 0.755. The number of hydrogen-bond acceptors (Lipinski definition) is 4. The number of amides is 1. The van der Waals surface area contributed by atoms with Gasteiger partial charge in [-0.1, -0.05) is 37.3 Å². The highest BCUT2D eigenvalue weighted by Gasteiger charge is 2.20. The molecule has 1 aromatic carbocycles. The molecule has 0 heterocycles. The summed E-state index contributed by atoms with van der Waals surface area (Å²) in [6.45, 7) is 1.73. The van der Waals surface area contributed by atoms with E-state index in [0.29, 0.717) is 6.42 Å². The number of aliphatic carboxylic acids is 1. The summed E-state index contributed by atoms with van der Waals surface area (Å²) in [6, 6.07) is 8.40. The highest BCUT2D eigenvalue weighted by molar-refractivity contribution is 7.92. The van der Waals surface area contributed by atoms with Gasteiger partial charge in [-0.15, -0.1) is 0 Å². The normalized spacial score (nSPS) is 12.6. The zero-order valence-electron chi connectivity index (χ0n) is 12.5. The summed E-state index contributed by atoms with van der Waals surface area (Å²) in [6.07, 6.45) is 0.553. The lowest BCUT2D eigenvalue weighted by Gasteiger charge is -2.18. The second-order valence-corrected chi connectivity index (χ2v) is 7.24. The maximum Gasteiger partial charge on any atom is 0.303 e. The molecule has 1 rings (SSSR count). The maximum atomic E-state index is 11.9. The van der Waals surface area contributed by atoms with Crippen molar-refractivity contribution in [2.24, 2.45) is 0 Å². The molecule has 6 nitrogen and oxygen atoms in total. The minimum atomic E-state index is -3.42. The fraction of sp³-hybridized carbons (Fsp3) is 0.467. The lowest BCUT2D eigenvalue weighted by molar-refractivity contribution is -0.137. The second kappa shape index (κ2) is 8.53. The molecule has 1 unspecified atom stereocenters. The van der Waals surface area contributed by atoms with E-state index in [4.69, 9.17) is 5.11 Å². The van der Waals surface area contributed by atoms with Crippen molar-refractivity contribution in [3.63, 3.8) is 0 Å². The summed E-state index contributed by atoms with van der Waals surface area (Å²) in [5.74, 6) is -2.18. The van der Waals surface area contributed by atoms with E-state index in [-0.39, 0.29) is 18.6 Å². The lowest BCUT2D eigenvalue weighted by Crippen LogP contribution is -2.34. The van der Waals surface area contributed by atoms with Crippen molar-refractivity contribution in [2.75, 3.05) is 11.5 Å². The number of carboxylic acid groups (broad SMARTS) is 1. The third-order valence-electron chi connectivity index (χ3n) is 3.05. The number of benzene rings is 1. The van der Waals surface area contributed by atoms with E-state index in [1.807, 2.05) is 6.07 Å². The maximum absolute atomic E-state index is 11.9. The first-order valence-electron chi connectivity index (χ1n) is 7.10. The summed E-state index contributed by atoms with van der Waals surface area (Å²) < 4.78 is 23.3. The van der Waals surface area contributed by atoms with Gasteiger partial charge >= 0.3 is 5.97 Å². The van der Waals surface area contributed by atoms with Crippen LogP contribution in [-0.2, 0) is 19.4 Å². The Balaban J connectivity index is 2.76. The quantitative estimate of drug-likeness (QED) is 0.716. The van der Waals surface area contributed by atoms with Crippen molar-refractivity contribution in [1.29, 1.82) is 0 Å². The zero-order valence-corrected chi connectivity index (χ0v) is 13.3. The Labute approximate surface area is 130 Å². The SMILES string of the molecule is CCCS(=O)(=O)CC(=O)NC(CCC(=O)O)c1ccccc1. The summed E-state index contributed by atoms with van der Waals surface area (Å²) in [5, 5.41) is 11.4. The molecule has 0 fully saturated rings. The summed E-state index contributed by atoms with van der Waals surface area (Å²) in [7, 11) is -3.42. The van der Waals surface area contributed by atoms with Gasteiger partial charge in [0.05, 0.1) is 11.8 Å².